The Hall–Kier alpha value is -1.44. The first-order valence-electron chi connectivity index (χ1n) is 7.14. The summed E-state index contributed by atoms with van der Waals surface area (Å²) in [6.07, 6.45) is 0.907. The van der Waals surface area contributed by atoms with E-state index in [0.29, 0.717) is 11.4 Å². The molecule has 1 aliphatic rings. The van der Waals surface area contributed by atoms with Crippen molar-refractivity contribution in [2.24, 2.45) is 0 Å². The van der Waals surface area contributed by atoms with E-state index in [9.17, 15) is 9.59 Å². The van der Waals surface area contributed by atoms with Gasteiger partial charge in [-0.15, -0.1) is 11.3 Å². The summed E-state index contributed by atoms with van der Waals surface area (Å²) in [7, 11) is 0. The molecule has 0 bridgehead atoms. The Kier molecular flexibility index (Phi) is 6.65. The van der Waals surface area contributed by atoms with E-state index < -0.39 is 0 Å². The number of hydrogen-bond acceptors (Lipinski definition) is 5. The van der Waals surface area contributed by atoms with Crippen LogP contribution in [0.5, 0.6) is 0 Å². The number of rotatable bonds is 7. The van der Waals surface area contributed by atoms with E-state index in [1.54, 1.807) is 6.07 Å². The summed E-state index contributed by atoms with van der Waals surface area (Å²) in [5.74, 6) is -0.352. The van der Waals surface area contributed by atoms with E-state index in [1.807, 2.05) is 11.4 Å². The first-order valence-corrected chi connectivity index (χ1v) is 8.02. The Labute approximate surface area is 128 Å². The fraction of sp³-hybridized carbons (Fsp3) is 0.571. The molecule has 1 aliphatic heterocycles. The molecular formula is C14H21N3O3S. The van der Waals surface area contributed by atoms with Crippen molar-refractivity contribution in [2.75, 3.05) is 45.9 Å². The summed E-state index contributed by atoms with van der Waals surface area (Å²) in [4.78, 5) is 26.2. The van der Waals surface area contributed by atoms with Crippen LogP contribution in [-0.2, 0) is 9.53 Å². The zero-order valence-electron chi connectivity index (χ0n) is 12.0. The Morgan fingerprint density at radius 1 is 1.29 bits per heavy atom. The monoisotopic (exact) mass is 311 g/mol. The highest BCUT2D eigenvalue weighted by Crippen LogP contribution is 2.07. The summed E-state index contributed by atoms with van der Waals surface area (Å²) in [5.41, 5.74) is 0. The second-order valence-electron chi connectivity index (χ2n) is 4.82. The van der Waals surface area contributed by atoms with Crippen molar-refractivity contribution in [3.05, 3.63) is 22.4 Å². The molecule has 2 heterocycles. The number of amides is 2. The molecule has 0 saturated carbocycles. The molecule has 1 aromatic rings. The number of morpholine rings is 1. The second-order valence-corrected chi connectivity index (χ2v) is 5.77. The lowest BCUT2D eigenvalue weighted by atomic mass is 10.3. The molecule has 0 unspecified atom stereocenters. The Balaban J connectivity index is 1.52. The third kappa shape index (κ3) is 5.82. The smallest absolute Gasteiger partial charge is 0.261 e. The molecule has 0 atom stereocenters. The summed E-state index contributed by atoms with van der Waals surface area (Å²) >= 11 is 1.36. The van der Waals surface area contributed by atoms with E-state index in [1.165, 1.54) is 11.3 Å². The fourth-order valence-electron chi connectivity index (χ4n) is 2.07. The molecule has 1 aromatic heterocycles. The summed E-state index contributed by atoms with van der Waals surface area (Å²) < 4.78 is 5.28. The van der Waals surface area contributed by atoms with Gasteiger partial charge in [-0.25, -0.2) is 0 Å². The third-order valence-corrected chi connectivity index (χ3v) is 4.10. The molecule has 0 spiro atoms. The van der Waals surface area contributed by atoms with Gasteiger partial charge in [-0.3, -0.25) is 14.5 Å². The van der Waals surface area contributed by atoms with Gasteiger partial charge < -0.3 is 15.4 Å². The molecule has 2 N–H and O–H groups in total. The van der Waals surface area contributed by atoms with Crippen molar-refractivity contribution in [3.8, 4) is 0 Å². The van der Waals surface area contributed by atoms with E-state index in [2.05, 4.69) is 15.5 Å². The third-order valence-electron chi connectivity index (χ3n) is 3.23. The standard InChI is InChI=1S/C14H21N3O3S/c18-13(11-16-14(19)12-3-1-10-21-12)15-4-2-5-17-6-8-20-9-7-17/h1,3,10H,2,4-9,11H2,(H,15,18)(H,16,19). The maximum absolute atomic E-state index is 11.6. The van der Waals surface area contributed by atoms with Crippen LogP contribution in [0.4, 0.5) is 0 Å². The number of carbonyl (C=O) groups is 2. The molecule has 116 valence electrons. The average Bonchev–Trinajstić information content (AvgIpc) is 3.05. The largest absolute Gasteiger partial charge is 0.379 e. The van der Waals surface area contributed by atoms with Gasteiger partial charge in [0.1, 0.15) is 0 Å². The quantitative estimate of drug-likeness (QED) is 0.711. The summed E-state index contributed by atoms with van der Waals surface area (Å²) in [6, 6.07) is 3.55. The maximum Gasteiger partial charge on any atom is 0.261 e. The van der Waals surface area contributed by atoms with Gasteiger partial charge in [0.25, 0.3) is 5.91 Å². The molecule has 0 radical (unpaired) electrons. The summed E-state index contributed by atoms with van der Waals surface area (Å²) in [5, 5.41) is 7.26. The van der Waals surface area contributed by atoms with Crippen LogP contribution in [-0.4, -0.2) is 62.7 Å². The van der Waals surface area contributed by atoms with Crippen LogP contribution >= 0.6 is 11.3 Å². The topological polar surface area (TPSA) is 70.7 Å². The Morgan fingerprint density at radius 2 is 2.10 bits per heavy atom. The lowest BCUT2D eigenvalue weighted by Gasteiger charge is -2.26. The number of carbonyl (C=O) groups excluding carboxylic acids is 2. The van der Waals surface area contributed by atoms with Crippen molar-refractivity contribution in [3.63, 3.8) is 0 Å². The van der Waals surface area contributed by atoms with Crippen molar-refractivity contribution >= 4 is 23.2 Å². The number of hydrogen-bond donors (Lipinski definition) is 2. The zero-order valence-corrected chi connectivity index (χ0v) is 12.8. The van der Waals surface area contributed by atoms with Crippen molar-refractivity contribution in [1.82, 2.24) is 15.5 Å². The number of nitrogens with one attached hydrogen (secondary N) is 2. The van der Waals surface area contributed by atoms with E-state index in [0.717, 1.165) is 39.3 Å². The number of nitrogens with zero attached hydrogens (tertiary/aromatic N) is 1. The molecule has 2 rings (SSSR count). The average molecular weight is 311 g/mol. The molecule has 7 heteroatoms. The molecule has 1 fully saturated rings. The first kappa shape index (κ1) is 15.9. The van der Waals surface area contributed by atoms with Crippen molar-refractivity contribution < 1.29 is 14.3 Å². The zero-order chi connectivity index (χ0) is 14.9. The van der Waals surface area contributed by atoms with Gasteiger partial charge in [0.2, 0.25) is 5.91 Å². The van der Waals surface area contributed by atoms with Crippen LogP contribution in [0.15, 0.2) is 17.5 Å². The highest BCUT2D eigenvalue weighted by atomic mass is 32.1. The van der Waals surface area contributed by atoms with E-state index in [-0.39, 0.29) is 18.4 Å². The van der Waals surface area contributed by atoms with E-state index in [4.69, 9.17) is 4.74 Å². The molecule has 1 saturated heterocycles. The van der Waals surface area contributed by atoms with Crippen molar-refractivity contribution in [2.45, 2.75) is 6.42 Å². The minimum Gasteiger partial charge on any atom is -0.379 e. The van der Waals surface area contributed by atoms with Gasteiger partial charge in [0.15, 0.2) is 0 Å². The normalized spacial score (nSPS) is 15.6. The predicted octanol–water partition coefficient (Wildman–Crippen LogP) is 0.316. The molecule has 6 nitrogen and oxygen atoms in total. The first-order chi connectivity index (χ1) is 10.3. The van der Waals surface area contributed by atoms with Crippen LogP contribution in [0.1, 0.15) is 16.1 Å². The Bertz CT molecular complexity index is 444. The van der Waals surface area contributed by atoms with Crippen LogP contribution in [0.2, 0.25) is 0 Å². The molecular weight excluding hydrogens is 290 g/mol. The maximum atomic E-state index is 11.6. The fourth-order valence-corrected chi connectivity index (χ4v) is 2.71. The minimum absolute atomic E-state index is 0.0221. The molecule has 0 aliphatic carbocycles. The number of thiophene rings is 1. The van der Waals surface area contributed by atoms with Crippen LogP contribution < -0.4 is 10.6 Å². The lowest BCUT2D eigenvalue weighted by Crippen LogP contribution is -2.40. The summed E-state index contributed by atoms with van der Waals surface area (Å²) in [6.45, 7) is 5.13. The minimum atomic E-state index is -0.200. The Morgan fingerprint density at radius 3 is 2.81 bits per heavy atom. The van der Waals surface area contributed by atoms with Crippen LogP contribution in [0.25, 0.3) is 0 Å². The van der Waals surface area contributed by atoms with E-state index >= 15 is 0 Å². The van der Waals surface area contributed by atoms with Crippen molar-refractivity contribution in [1.29, 1.82) is 0 Å². The highest BCUT2D eigenvalue weighted by Gasteiger charge is 2.10. The second kappa shape index (κ2) is 8.76. The number of ether oxygens (including phenoxy) is 1. The molecule has 2 amide bonds. The van der Waals surface area contributed by atoms with Crippen LogP contribution in [0, 0.1) is 0 Å². The highest BCUT2D eigenvalue weighted by molar-refractivity contribution is 7.12. The van der Waals surface area contributed by atoms with Gasteiger partial charge in [-0.1, -0.05) is 6.07 Å². The lowest BCUT2D eigenvalue weighted by molar-refractivity contribution is -0.120. The SMILES string of the molecule is O=C(CNC(=O)c1cccs1)NCCCN1CCOCC1. The van der Waals surface area contributed by atoms with Gasteiger partial charge in [-0.05, 0) is 24.4 Å². The molecule has 21 heavy (non-hydrogen) atoms. The van der Waals surface area contributed by atoms with Gasteiger partial charge in [-0.2, -0.15) is 0 Å². The van der Waals surface area contributed by atoms with Crippen LogP contribution in [0.3, 0.4) is 0 Å². The van der Waals surface area contributed by atoms with Gasteiger partial charge >= 0.3 is 0 Å². The predicted molar refractivity (Wildman–Crippen MR) is 81.5 cm³/mol. The van der Waals surface area contributed by atoms with Gasteiger partial charge in [0.05, 0.1) is 24.6 Å². The molecule has 0 aromatic carbocycles. The van der Waals surface area contributed by atoms with Gasteiger partial charge in [0, 0.05) is 19.6 Å².